The second-order valence-electron chi connectivity index (χ2n) is 6.72. The number of rotatable bonds is 5. The van der Waals surface area contributed by atoms with Crippen molar-refractivity contribution >= 4 is 27.9 Å². The minimum Gasteiger partial charge on any atom is -0.481 e. The van der Waals surface area contributed by atoms with Crippen LogP contribution in [0.15, 0.2) is 54.7 Å². The number of methoxy groups -OCH3 is 1. The zero-order chi connectivity index (χ0) is 20.2. The number of ether oxygens (including phenoxy) is 2. The van der Waals surface area contributed by atoms with Crippen molar-refractivity contribution in [1.82, 2.24) is 4.98 Å². The lowest BCUT2D eigenvalue weighted by Crippen LogP contribution is -2.35. The minimum absolute atomic E-state index is 0.0568. The Morgan fingerprint density at radius 3 is 2.59 bits per heavy atom. The standard InChI is InChI=1S/C22H23N3O3S/c1-24(17-8-9-20(27-2)23-15-17)21(26)19-14-18(16-6-4-3-5-7-16)22(29-19)25-10-12-28-13-11-25/h3-9,14-15H,10-13H2,1-2H3. The number of pyridine rings is 1. The van der Waals surface area contributed by atoms with Crippen molar-refractivity contribution < 1.29 is 14.3 Å². The molecule has 3 aromatic rings. The Balaban J connectivity index is 1.67. The largest absolute Gasteiger partial charge is 0.481 e. The molecule has 2 aromatic heterocycles. The highest BCUT2D eigenvalue weighted by molar-refractivity contribution is 7.18. The van der Waals surface area contributed by atoms with E-state index in [1.54, 1.807) is 31.3 Å². The fourth-order valence-electron chi connectivity index (χ4n) is 3.29. The molecule has 0 N–H and O–H groups in total. The fourth-order valence-corrected chi connectivity index (χ4v) is 4.49. The molecule has 0 bridgehead atoms. The summed E-state index contributed by atoms with van der Waals surface area (Å²) in [6, 6.07) is 15.8. The minimum atomic E-state index is -0.0568. The molecule has 29 heavy (non-hydrogen) atoms. The molecule has 1 fully saturated rings. The Morgan fingerprint density at radius 2 is 1.93 bits per heavy atom. The van der Waals surface area contributed by atoms with Crippen LogP contribution in [0.5, 0.6) is 5.88 Å². The van der Waals surface area contributed by atoms with Crippen LogP contribution in [0.3, 0.4) is 0 Å². The predicted molar refractivity (Wildman–Crippen MR) is 116 cm³/mol. The number of nitrogens with zero attached hydrogens (tertiary/aromatic N) is 3. The van der Waals surface area contributed by atoms with Crippen molar-refractivity contribution in [2.45, 2.75) is 0 Å². The van der Waals surface area contributed by atoms with Crippen LogP contribution in [0.25, 0.3) is 11.1 Å². The molecule has 1 saturated heterocycles. The summed E-state index contributed by atoms with van der Waals surface area (Å²) in [6.07, 6.45) is 1.64. The van der Waals surface area contributed by atoms with E-state index in [9.17, 15) is 4.79 Å². The van der Waals surface area contributed by atoms with E-state index in [2.05, 4.69) is 22.0 Å². The lowest BCUT2D eigenvalue weighted by Gasteiger charge is -2.28. The average Bonchev–Trinajstić information content (AvgIpc) is 3.25. The van der Waals surface area contributed by atoms with Crippen molar-refractivity contribution in [3.8, 4) is 17.0 Å². The molecule has 7 heteroatoms. The third kappa shape index (κ3) is 4.11. The third-order valence-corrected chi connectivity index (χ3v) is 6.11. The summed E-state index contributed by atoms with van der Waals surface area (Å²) >= 11 is 1.53. The summed E-state index contributed by atoms with van der Waals surface area (Å²) in [7, 11) is 3.34. The van der Waals surface area contributed by atoms with Gasteiger partial charge in [-0.25, -0.2) is 4.98 Å². The maximum Gasteiger partial charge on any atom is 0.268 e. The van der Waals surface area contributed by atoms with Crippen molar-refractivity contribution in [3.63, 3.8) is 0 Å². The Labute approximate surface area is 174 Å². The summed E-state index contributed by atoms with van der Waals surface area (Å²) < 4.78 is 10.6. The SMILES string of the molecule is COc1ccc(N(C)C(=O)c2cc(-c3ccccc3)c(N3CCOCC3)s2)cn1. The molecule has 0 unspecified atom stereocenters. The lowest BCUT2D eigenvalue weighted by molar-refractivity contribution is 0.0996. The summed E-state index contributed by atoms with van der Waals surface area (Å²) in [5.74, 6) is 0.463. The van der Waals surface area contributed by atoms with Crippen molar-refractivity contribution in [3.05, 3.63) is 59.6 Å². The van der Waals surface area contributed by atoms with Gasteiger partial charge in [0.25, 0.3) is 5.91 Å². The smallest absolute Gasteiger partial charge is 0.268 e. The van der Waals surface area contributed by atoms with Crippen LogP contribution in [0.2, 0.25) is 0 Å². The first-order chi connectivity index (χ1) is 14.2. The molecule has 0 atom stereocenters. The van der Waals surface area contributed by atoms with Gasteiger partial charge in [-0.1, -0.05) is 30.3 Å². The second-order valence-corrected chi connectivity index (χ2v) is 7.75. The van der Waals surface area contributed by atoms with Gasteiger partial charge in [0.1, 0.15) is 0 Å². The number of carbonyl (C=O) groups is 1. The quantitative estimate of drug-likeness (QED) is 0.639. The van der Waals surface area contributed by atoms with Gasteiger partial charge >= 0.3 is 0 Å². The molecule has 4 rings (SSSR count). The number of morpholine rings is 1. The molecule has 1 aliphatic rings. The average molecular weight is 410 g/mol. The Morgan fingerprint density at radius 1 is 1.17 bits per heavy atom. The predicted octanol–water partition coefficient (Wildman–Crippen LogP) is 3.93. The summed E-state index contributed by atoms with van der Waals surface area (Å²) in [5, 5.41) is 1.11. The van der Waals surface area contributed by atoms with Gasteiger partial charge in [0.05, 0.1) is 42.1 Å². The van der Waals surface area contributed by atoms with E-state index in [1.807, 2.05) is 30.3 Å². The molecule has 150 valence electrons. The fraction of sp³-hybridized carbons (Fsp3) is 0.273. The molecule has 0 spiro atoms. The van der Waals surface area contributed by atoms with E-state index in [1.165, 1.54) is 11.3 Å². The van der Waals surface area contributed by atoms with Gasteiger partial charge in [0, 0.05) is 31.8 Å². The van der Waals surface area contributed by atoms with Gasteiger partial charge in [-0.05, 0) is 17.7 Å². The molecule has 6 nitrogen and oxygen atoms in total. The van der Waals surface area contributed by atoms with Crippen LogP contribution in [-0.4, -0.2) is 51.4 Å². The Bertz CT molecular complexity index is 967. The first kappa shape index (κ1) is 19.4. The molecule has 1 amide bonds. The van der Waals surface area contributed by atoms with Crippen molar-refractivity contribution in [2.75, 3.05) is 50.3 Å². The maximum absolute atomic E-state index is 13.2. The number of thiophene rings is 1. The van der Waals surface area contributed by atoms with Crippen LogP contribution in [0, 0.1) is 0 Å². The highest BCUT2D eigenvalue weighted by atomic mass is 32.1. The van der Waals surface area contributed by atoms with E-state index in [4.69, 9.17) is 9.47 Å². The number of hydrogen-bond acceptors (Lipinski definition) is 6. The van der Waals surface area contributed by atoms with Gasteiger partial charge in [-0.2, -0.15) is 0 Å². The van der Waals surface area contributed by atoms with Crippen LogP contribution in [0.1, 0.15) is 9.67 Å². The lowest BCUT2D eigenvalue weighted by atomic mass is 10.1. The first-order valence-corrected chi connectivity index (χ1v) is 10.3. The zero-order valence-electron chi connectivity index (χ0n) is 16.5. The van der Waals surface area contributed by atoms with E-state index in [0.717, 1.165) is 34.9 Å². The molecule has 0 radical (unpaired) electrons. The number of anilines is 2. The van der Waals surface area contributed by atoms with E-state index in [0.29, 0.717) is 24.0 Å². The number of aromatic nitrogens is 1. The monoisotopic (exact) mass is 409 g/mol. The van der Waals surface area contributed by atoms with Crippen LogP contribution in [0.4, 0.5) is 10.7 Å². The topological polar surface area (TPSA) is 54.9 Å². The first-order valence-electron chi connectivity index (χ1n) is 9.47. The van der Waals surface area contributed by atoms with Crippen molar-refractivity contribution in [2.24, 2.45) is 0 Å². The normalized spacial score (nSPS) is 13.9. The zero-order valence-corrected chi connectivity index (χ0v) is 17.3. The molecule has 0 saturated carbocycles. The van der Waals surface area contributed by atoms with Gasteiger partial charge in [0.15, 0.2) is 0 Å². The van der Waals surface area contributed by atoms with Gasteiger partial charge in [-0.15, -0.1) is 11.3 Å². The molecular formula is C22H23N3O3S. The highest BCUT2D eigenvalue weighted by Gasteiger charge is 2.24. The Kier molecular flexibility index (Phi) is 5.78. The van der Waals surface area contributed by atoms with Crippen LogP contribution < -0.4 is 14.5 Å². The maximum atomic E-state index is 13.2. The highest BCUT2D eigenvalue weighted by Crippen LogP contribution is 2.40. The summed E-state index contributed by atoms with van der Waals surface area (Å²) in [6.45, 7) is 3.05. The molecule has 0 aliphatic carbocycles. The van der Waals surface area contributed by atoms with Gasteiger partial charge < -0.3 is 19.3 Å². The molecular weight excluding hydrogens is 386 g/mol. The summed E-state index contributed by atoms with van der Waals surface area (Å²) in [5.41, 5.74) is 2.92. The molecule has 3 heterocycles. The van der Waals surface area contributed by atoms with Crippen LogP contribution >= 0.6 is 11.3 Å². The number of carbonyl (C=O) groups excluding carboxylic acids is 1. The van der Waals surface area contributed by atoms with Gasteiger partial charge in [0.2, 0.25) is 5.88 Å². The number of hydrogen-bond donors (Lipinski definition) is 0. The second kappa shape index (κ2) is 8.63. The Hall–Kier alpha value is -2.90. The van der Waals surface area contributed by atoms with Gasteiger partial charge in [-0.3, -0.25) is 4.79 Å². The summed E-state index contributed by atoms with van der Waals surface area (Å²) in [4.78, 5) is 22.0. The third-order valence-electron chi connectivity index (χ3n) is 4.93. The number of benzene rings is 1. The van der Waals surface area contributed by atoms with E-state index in [-0.39, 0.29) is 5.91 Å². The van der Waals surface area contributed by atoms with Crippen LogP contribution in [-0.2, 0) is 4.74 Å². The van der Waals surface area contributed by atoms with Crippen molar-refractivity contribution in [1.29, 1.82) is 0 Å². The number of amides is 1. The van der Waals surface area contributed by atoms with E-state index >= 15 is 0 Å². The molecule has 1 aromatic carbocycles. The van der Waals surface area contributed by atoms with E-state index < -0.39 is 0 Å². The molecule has 1 aliphatic heterocycles.